The van der Waals surface area contributed by atoms with Crippen LogP contribution in [-0.4, -0.2) is 70.5 Å². The number of aliphatic imine (C=N–C) groups is 1. The summed E-state index contributed by atoms with van der Waals surface area (Å²) in [6, 6.07) is 5.92. The number of benzene rings is 1. The third kappa shape index (κ3) is 7.40. The predicted octanol–water partition coefficient (Wildman–Crippen LogP) is 2.97. The minimum Gasteiger partial charge on any atom is -0.490 e. The minimum absolute atomic E-state index is 0.633. The van der Waals surface area contributed by atoms with Crippen molar-refractivity contribution in [3.8, 4) is 11.5 Å². The largest absolute Gasteiger partial charge is 0.490 e. The van der Waals surface area contributed by atoms with E-state index in [1.807, 2.05) is 18.2 Å². The summed E-state index contributed by atoms with van der Waals surface area (Å²) in [6.07, 6.45) is 4.60. The third-order valence-corrected chi connectivity index (χ3v) is 5.39. The standard InChI is InChI=1S/C22H36N4O3/c1-18-7-12-26(13-8-18)11-3-9-23-22(24-10-16-27-2)25-19-5-6-20-21(17-19)29-15-4-14-28-20/h5-6,17-18H,3-4,7-16H2,1-2H3,(H2,23,24,25). The molecule has 0 unspecified atom stereocenters. The van der Waals surface area contributed by atoms with Crippen LogP contribution in [0.3, 0.4) is 0 Å². The highest BCUT2D eigenvalue weighted by Crippen LogP contribution is 2.32. The van der Waals surface area contributed by atoms with Gasteiger partial charge in [0.2, 0.25) is 0 Å². The van der Waals surface area contributed by atoms with Gasteiger partial charge in [0.15, 0.2) is 17.5 Å². The zero-order valence-electron chi connectivity index (χ0n) is 17.9. The Hall–Kier alpha value is -1.99. The van der Waals surface area contributed by atoms with Gasteiger partial charge >= 0.3 is 0 Å². The Balaban J connectivity index is 1.53. The predicted molar refractivity (Wildman–Crippen MR) is 117 cm³/mol. The molecule has 0 bridgehead atoms. The topological polar surface area (TPSA) is 67.4 Å². The van der Waals surface area contributed by atoms with Crippen molar-refractivity contribution in [2.75, 3.05) is 65.0 Å². The van der Waals surface area contributed by atoms with Crippen LogP contribution in [0.5, 0.6) is 11.5 Å². The Labute approximate surface area is 174 Å². The van der Waals surface area contributed by atoms with E-state index in [0.717, 1.165) is 55.0 Å². The number of ether oxygens (including phenoxy) is 3. The van der Waals surface area contributed by atoms with Crippen molar-refractivity contribution >= 4 is 11.6 Å². The first-order valence-electron chi connectivity index (χ1n) is 10.9. The summed E-state index contributed by atoms with van der Waals surface area (Å²) in [5.41, 5.74) is 0.933. The Morgan fingerprint density at radius 1 is 1.21 bits per heavy atom. The molecule has 0 amide bonds. The number of rotatable bonds is 8. The average molecular weight is 405 g/mol. The maximum atomic E-state index is 5.79. The van der Waals surface area contributed by atoms with Crippen LogP contribution >= 0.6 is 0 Å². The van der Waals surface area contributed by atoms with Crippen LogP contribution < -0.4 is 20.1 Å². The van der Waals surface area contributed by atoms with E-state index in [2.05, 4.69) is 22.5 Å². The Morgan fingerprint density at radius 2 is 2.00 bits per heavy atom. The van der Waals surface area contributed by atoms with Crippen molar-refractivity contribution in [3.63, 3.8) is 0 Å². The minimum atomic E-state index is 0.633. The number of anilines is 1. The van der Waals surface area contributed by atoms with Crippen molar-refractivity contribution in [1.82, 2.24) is 10.2 Å². The summed E-state index contributed by atoms with van der Waals surface area (Å²) in [7, 11) is 1.70. The molecule has 0 atom stereocenters. The molecule has 0 saturated carbocycles. The molecule has 1 saturated heterocycles. The van der Waals surface area contributed by atoms with E-state index >= 15 is 0 Å². The van der Waals surface area contributed by atoms with Crippen LogP contribution in [0.15, 0.2) is 23.2 Å². The first-order valence-corrected chi connectivity index (χ1v) is 10.9. The third-order valence-electron chi connectivity index (χ3n) is 5.39. The second kappa shape index (κ2) is 11.9. The molecule has 29 heavy (non-hydrogen) atoms. The van der Waals surface area contributed by atoms with Crippen LogP contribution in [-0.2, 0) is 4.74 Å². The molecule has 3 rings (SSSR count). The molecule has 162 valence electrons. The van der Waals surface area contributed by atoms with E-state index in [1.54, 1.807) is 7.11 Å². The lowest BCUT2D eigenvalue weighted by Crippen LogP contribution is -2.35. The normalized spacial score (nSPS) is 18.3. The van der Waals surface area contributed by atoms with Gasteiger partial charge in [-0.15, -0.1) is 0 Å². The van der Waals surface area contributed by atoms with Crippen LogP contribution in [0.2, 0.25) is 0 Å². The summed E-state index contributed by atoms with van der Waals surface area (Å²) in [6.45, 7) is 9.42. The first-order chi connectivity index (χ1) is 14.2. The maximum absolute atomic E-state index is 5.79. The van der Waals surface area contributed by atoms with Gasteiger partial charge in [-0.05, 0) is 56.9 Å². The molecule has 0 radical (unpaired) electrons. The van der Waals surface area contributed by atoms with Gasteiger partial charge in [0.25, 0.3) is 0 Å². The number of nitrogens with one attached hydrogen (secondary N) is 2. The number of nitrogens with zero attached hydrogens (tertiary/aromatic N) is 2. The fourth-order valence-corrected chi connectivity index (χ4v) is 3.56. The zero-order valence-corrected chi connectivity index (χ0v) is 17.9. The lowest BCUT2D eigenvalue weighted by molar-refractivity contribution is 0.191. The molecule has 7 nitrogen and oxygen atoms in total. The molecular formula is C22H36N4O3. The van der Waals surface area contributed by atoms with Gasteiger partial charge in [-0.3, -0.25) is 4.99 Å². The van der Waals surface area contributed by atoms with E-state index in [1.165, 1.54) is 25.9 Å². The number of methoxy groups -OCH3 is 1. The van der Waals surface area contributed by atoms with Crippen molar-refractivity contribution < 1.29 is 14.2 Å². The van der Waals surface area contributed by atoms with Gasteiger partial charge in [-0.1, -0.05) is 6.92 Å². The number of piperidine rings is 1. The number of fused-ring (bicyclic) bond motifs is 1. The highest BCUT2D eigenvalue weighted by Gasteiger charge is 2.15. The maximum Gasteiger partial charge on any atom is 0.195 e. The highest BCUT2D eigenvalue weighted by atomic mass is 16.5. The fraction of sp³-hybridized carbons (Fsp3) is 0.682. The second-order valence-electron chi connectivity index (χ2n) is 7.86. The molecular weight excluding hydrogens is 368 g/mol. The summed E-state index contributed by atoms with van der Waals surface area (Å²) in [5, 5.41) is 6.72. The Bertz CT molecular complexity index is 645. The molecule has 0 aromatic heterocycles. The van der Waals surface area contributed by atoms with Crippen LogP contribution in [0.25, 0.3) is 0 Å². The number of likely N-dealkylation sites (tertiary alicyclic amines) is 1. The van der Waals surface area contributed by atoms with Crippen LogP contribution in [0.1, 0.15) is 32.6 Å². The molecule has 1 aromatic carbocycles. The second-order valence-corrected chi connectivity index (χ2v) is 7.86. The molecule has 2 heterocycles. The van der Waals surface area contributed by atoms with Crippen LogP contribution in [0.4, 0.5) is 5.69 Å². The summed E-state index contributed by atoms with van der Waals surface area (Å²) < 4.78 is 16.7. The highest BCUT2D eigenvalue weighted by molar-refractivity contribution is 5.93. The molecule has 0 aliphatic carbocycles. The Kier molecular flexibility index (Phi) is 8.89. The Morgan fingerprint density at radius 3 is 2.79 bits per heavy atom. The number of hydrogen-bond donors (Lipinski definition) is 2. The SMILES string of the molecule is COCCNC(=NCCCN1CCC(C)CC1)Nc1ccc2c(c1)OCCCO2. The van der Waals surface area contributed by atoms with Crippen molar-refractivity contribution in [2.24, 2.45) is 10.9 Å². The lowest BCUT2D eigenvalue weighted by atomic mass is 9.99. The van der Waals surface area contributed by atoms with Gasteiger partial charge in [0, 0.05) is 38.4 Å². The monoisotopic (exact) mass is 404 g/mol. The summed E-state index contributed by atoms with van der Waals surface area (Å²) in [5.74, 6) is 3.22. The van der Waals surface area contributed by atoms with Crippen molar-refractivity contribution in [3.05, 3.63) is 18.2 Å². The quantitative estimate of drug-likeness (QED) is 0.394. The summed E-state index contributed by atoms with van der Waals surface area (Å²) >= 11 is 0. The molecule has 1 aromatic rings. The smallest absolute Gasteiger partial charge is 0.195 e. The average Bonchev–Trinajstić information content (AvgIpc) is 2.97. The van der Waals surface area contributed by atoms with E-state index in [-0.39, 0.29) is 0 Å². The van der Waals surface area contributed by atoms with Gasteiger partial charge in [0.05, 0.1) is 19.8 Å². The molecule has 2 aliphatic rings. The van der Waals surface area contributed by atoms with E-state index in [4.69, 9.17) is 19.2 Å². The first kappa shape index (κ1) is 21.7. The fourth-order valence-electron chi connectivity index (χ4n) is 3.56. The van der Waals surface area contributed by atoms with Crippen molar-refractivity contribution in [2.45, 2.75) is 32.6 Å². The molecule has 7 heteroatoms. The lowest BCUT2D eigenvalue weighted by Gasteiger charge is -2.29. The van der Waals surface area contributed by atoms with Gasteiger partial charge < -0.3 is 29.7 Å². The van der Waals surface area contributed by atoms with Gasteiger partial charge in [-0.25, -0.2) is 0 Å². The molecule has 0 spiro atoms. The van der Waals surface area contributed by atoms with E-state index in [9.17, 15) is 0 Å². The number of hydrogen-bond acceptors (Lipinski definition) is 5. The number of guanidine groups is 1. The molecule has 2 aliphatic heterocycles. The molecule has 1 fully saturated rings. The van der Waals surface area contributed by atoms with E-state index in [0.29, 0.717) is 26.4 Å². The van der Waals surface area contributed by atoms with E-state index < -0.39 is 0 Å². The van der Waals surface area contributed by atoms with Crippen molar-refractivity contribution in [1.29, 1.82) is 0 Å². The molecule has 2 N–H and O–H groups in total. The summed E-state index contributed by atoms with van der Waals surface area (Å²) in [4.78, 5) is 7.32. The van der Waals surface area contributed by atoms with Gasteiger partial charge in [0.1, 0.15) is 0 Å². The van der Waals surface area contributed by atoms with Crippen LogP contribution in [0, 0.1) is 5.92 Å². The zero-order chi connectivity index (χ0) is 20.3. The van der Waals surface area contributed by atoms with Gasteiger partial charge in [-0.2, -0.15) is 0 Å².